The number of carboxylic acid groups (broad SMARTS) is 1. The molecule has 0 atom stereocenters. The Balaban J connectivity index is 1.28. The van der Waals surface area contributed by atoms with Gasteiger partial charge in [-0.05, 0) is 57.2 Å². The van der Waals surface area contributed by atoms with E-state index in [2.05, 4.69) is 41.9 Å². The molecule has 4 aromatic rings. The molecule has 0 unspecified atom stereocenters. The molecule has 204 valence electrons. The number of nitrogens with one attached hydrogen (secondary N) is 2. The first-order valence-corrected chi connectivity index (χ1v) is 15.3. The molecule has 39 heavy (non-hydrogen) atoms. The van der Waals surface area contributed by atoms with Gasteiger partial charge in [0.25, 0.3) is 0 Å². The maximum absolute atomic E-state index is 12.9. The van der Waals surface area contributed by atoms with E-state index in [-0.39, 0.29) is 11.8 Å². The molecule has 0 aliphatic carbocycles. The molecular weight excluding hydrogens is 608 g/mol. The second kappa shape index (κ2) is 11.8. The number of carboxylic acids is 1. The van der Waals surface area contributed by atoms with Gasteiger partial charge in [-0.3, -0.25) is 0 Å². The summed E-state index contributed by atoms with van der Waals surface area (Å²) in [5.74, 6) is -0.455. The number of hydrogen-bond acceptors (Lipinski definition) is 9. The standard InChI is InChI=1S/C25H25BrN6O5S2/c26-21-22(37-14-20(33)34)24(25-28-30-31-29-25)38-23(21)17-7-4-8-19(13-17)27-18-9-11-32(12-10-18)39(35,36)15-16-5-2-1-3-6-16/h1-8,13,18,27H,9-12,14-15H2,(H,33,34)(H,28,29,30,31). The van der Waals surface area contributed by atoms with Gasteiger partial charge in [-0.15, -0.1) is 21.5 Å². The third kappa shape index (κ3) is 6.46. The lowest BCUT2D eigenvalue weighted by atomic mass is 10.1. The van der Waals surface area contributed by atoms with Gasteiger partial charge in [0.1, 0.15) is 4.88 Å². The fourth-order valence-corrected chi connectivity index (χ4v) is 7.93. The van der Waals surface area contributed by atoms with Crippen molar-refractivity contribution in [2.75, 3.05) is 25.0 Å². The number of halogens is 1. The number of anilines is 1. The summed E-state index contributed by atoms with van der Waals surface area (Å²) in [6, 6.07) is 17.2. The van der Waals surface area contributed by atoms with E-state index >= 15 is 0 Å². The van der Waals surface area contributed by atoms with E-state index in [4.69, 9.17) is 9.84 Å². The lowest BCUT2D eigenvalue weighted by molar-refractivity contribution is -0.139. The number of tetrazole rings is 1. The van der Waals surface area contributed by atoms with E-state index in [0.29, 0.717) is 46.9 Å². The van der Waals surface area contributed by atoms with Crippen molar-refractivity contribution in [3.8, 4) is 26.9 Å². The predicted octanol–water partition coefficient (Wildman–Crippen LogP) is 4.23. The minimum atomic E-state index is -3.37. The van der Waals surface area contributed by atoms with Crippen LogP contribution in [0, 0.1) is 0 Å². The van der Waals surface area contributed by atoms with E-state index in [0.717, 1.165) is 21.7 Å². The number of carbonyl (C=O) groups is 1. The van der Waals surface area contributed by atoms with Gasteiger partial charge < -0.3 is 15.2 Å². The zero-order valence-corrected chi connectivity index (χ0v) is 23.8. The van der Waals surface area contributed by atoms with Crippen LogP contribution in [-0.4, -0.2) is 70.2 Å². The van der Waals surface area contributed by atoms with Crippen molar-refractivity contribution in [1.82, 2.24) is 24.9 Å². The van der Waals surface area contributed by atoms with Gasteiger partial charge in [0.15, 0.2) is 12.4 Å². The summed E-state index contributed by atoms with van der Waals surface area (Å²) in [5, 5.41) is 26.7. The smallest absolute Gasteiger partial charge is 0.341 e. The Morgan fingerprint density at radius 2 is 1.92 bits per heavy atom. The Hall–Kier alpha value is -3.33. The molecule has 1 aliphatic rings. The van der Waals surface area contributed by atoms with Crippen LogP contribution in [0.3, 0.4) is 0 Å². The number of piperidine rings is 1. The van der Waals surface area contributed by atoms with E-state index in [1.54, 1.807) is 4.31 Å². The summed E-state index contributed by atoms with van der Waals surface area (Å²) in [5.41, 5.74) is 2.57. The summed E-state index contributed by atoms with van der Waals surface area (Å²) in [4.78, 5) is 12.5. The maximum Gasteiger partial charge on any atom is 0.341 e. The van der Waals surface area contributed by atoms with E-state index in [1.165, 1.54) is 11.3 Å². The van der Waals surface area contributed by atoms with Crippen molar-refractivity contribution in [2.45, 2.75) is 24.6 Å². The number of aliphatic carboxylic acids is 1. The van der Waals surface area contributed by atoms with E-state index < -0.39 is 22.6 Å². The topological polar surface area (TPSA) is 150 Å². The number of sulfonamides is 1. The molecule has 1 aliphatic heterocycles. The second-order valence-corrected chi connectivity index (χ2v) is 12.7. The number of benzene rings is 2. The lowest BCUT2D eigenvalue weighted by Crippen LogP contribution is -2.42. The van der Waals surface area contributed by atoms with Crippen LogP contribution in [0.1, 0.15) is 18.4 Å². The molecule has 2 aromatic heterocycles. The van der Waals surface area contributed by atoms with Crippen LogP contribution in [0.15, 0.2) is 59.1 Å². The SMILES string of the molecule is O=C(O)COc1c(-c2nn[nH]n2)sc(-c2cccc(NC3CCN(S(=O)(=O)Cc4ccccc4)CC3)c2)c1Br. The Kier molecular flexibility index (Phi) is 8.26. The van der Waals surface area contributed by atoms with E-state index in [1.807, 2.05) is 54.6 Å². The number of thiophene rings is 1. The third-order valence-corrected chi connectivity index (χ3v) is 10.3. The average Bonchev–Trinajstić information content (AvgIpc) is 3.56. The number of H-pyrrole nitrogens is 1. The Morgan fingerprint density at radius 1 is 1.15 bits per heavy atom. The molecule has 14 heteroatoms. The molecule has 3 N–H and O–H groups in total. The lowest BCUT2D eigenvalue weighted by Gasteiger charge is -2.32. The van der Waals surface area contributed by atoms with Crippen LogP contribution in [-0.2, 0) is 20.6 Å². The minimum absolute atomic E-state index is 0.00763. The molecule has 0 radical (unpaired) electrons. The molecule has 0 spiro atoms. The first kappa shape index (κ1) is 27.2. The number of hydrogen-bond donors (Lipinski definition) is 3. The normalized spacial score (nSPS) is 14.8. The zero-order valence-electron chi connectivity index (χ0n) is 20.6. The predicted molar refractivity (Wildman–Crippen MR) is 151 cm³/mol. The minimum Gasteiger partial charge on any atom is -0.479 e. The van der Waals surface area contributed by atoms with Crippen LogP contribution in [0.5, 0.6) is 5.75 Å². The van der Waals surface area contributed by atoms with Crippen LogP contribution < -0.4 is 10.1 Å². The Bertz CT molecular complexity index is 1540. The van der Waals surface area contributed by atoms with Gasteiger partial charge in [-0.25, -0.2) is 17.5 Å². The quantitative estimate of drug-likeness (QED) is 0.233. The van der Waals surface area contributed by atoms with Crippen molar-refractivity contribution in [3.63, 3.8) is 0 Å². The molecule has 1 saturated heterocycles. The van der Waals surface area contributed by atoms with Gasteiger partial charge >= 0.3 is 5.97 Å². The fourth-order valence-electron chi connectivity index (χ4n) is 4.39. The molecule has 0 bridgehead atoms. The highest BCUT2D eigenvalue weighted by atomic mass is 79.9. The second-order valence-electron chi connectivity index (χ2n) is 8.96. The molecule has 0 saturated carbocycles. The number of aromatic nitrogens is 4. The van der Waals surface area contributed by atoms with Crippen molar-refractivity contribution in [3.05, 3.63) is 64.6 Å². The zero-order chi connectivity index (χ0) is 27.4. The van der Waals surface area contributed by atoms with Crippen molar-refractivity contribution in [1.29, 1.82) is 0 Å². The molecular formula is C25H25BrN6O5S2. The summed E-state index contributed by atoms with van der Waals surface area (Å²) in [7, 11) is -3.37. The monoisotopic (exact) mass is 632 g/mol. The first-order chi connectivity index (χ1) is 18.8. The summed E-state index contributed by atoms with van der Waals surface area (Å²) >= 11 is 4.93. The first-order valence-electron chi connectivity index (χ1n) is 12.1. The number of rotatable bonds is 10. The number of ether oxygens (including phenoxy) is 1. The van der Waals surface area contributed by atoms with Crippen LogP contribution in [0.4, 0.5) is 5.69 Å². The maximum atomic E-state index is 12.9. The largest absolute Gasteiger partial charge is 0.479 e. The van der Waals surface area contributed by atoms with Crippen molar-refractivity contribution in [2.24, 2.45) is 0 Å². The highest BCUT2D eigenvalue weighted by Crippen LogP contribution is 2.49. The number of aromatic amines is 1. The molecule has 2 aromatic carbocycles. The highest BCUT2D eigenvalue weighted by Gasteiger charge is 2.28. The fraction of sp³-hybridized carbons (Fsp3) is 0.280. The summed E-state index contributed by atoms with van der Waals surface area (Å²) in [6.45, 7) is 0.406. The highest BCUT2D eigenvalue weighted by molar-refractivity contribution is 9.10. The van der Waals surface area contributed by atoms with Crippen LogP contribution in [0.2, 0.25) is 0 Å². The van der Waals surface area contributed by atoms with Gasteiger partial charge in [0.05, 0.1) is 15.1 Å². The van der Waals surface area contributed by atoms with Gasteiger partial charge in [-0.2, -0.15) is 5.21 Å². The number of nitrogens with zero attached hydrogens (tertiary/aromatic N) is 4. The van der Waals surface area contributed by atoms with Crippen LogP contribution >= 0.6 is 27.3 Å². The summed E-state index contributed by atoms with van der Waals surface area (Å²) < 4.78 is 33.5. The van der Waals surface area contributed by atoms with Crippen LogP contribution in [0.25, 0.3) is 21.1 Å². The Labute approximate surface area is 237 Å². The van der Waals surface area contributed by atoms with E-state index in [9.17, 15) is 13.2 Å². The molecule has 3 heterocycles. The van der Waals surface area contributed by atoms with Gasteiger partial charge in [0.2, 0.25) is 15.8 Å². The molecule has 5 rings (SSSR count). The summed E-state index contributed by atoms with van der Waals surface area (Å²) in [6.07, 6.45) is 1.38. The average molecular weight is 634 g/mol. The van der Waals surface area contributed by atoms with Gasteiger partial charge in [0, 0.05) is 24.8 Å². The molecule has 11 nitrogen and oxygen atoms in total. The third-order valence-electron chi connectivity index (χ3n) is 6.23. The molecule has 0 amide bonds. The molecule has 1 fully saturated rings. The van der Waals surface area contributed by atoms with Crippen molar-refractivity contribution < 1.29 is 23.1 Å². The van der Waals surface area contributed by atoms with Gasteiger partial charge in [-0.1, -0.05) is 42.5 Å². The Morgan fingerprint density at radius 3 is 2.62 bits per heavy atom. The van der Waals surface area contributed by atoms with Crippen molar-refractivity contribution >= 4 is 48.9 Å².